The van der Waals surface area contributed by atoms with Crippen LogP contribution in [0.4, 0.5) is 0 Å². The van der Waals surface area contributed by atoms with Gasteiger partial charge in [-0.1, -0.05) is 53.9 Å². The third-order valence-electron chi connectivity index (χ3n) is 11.0. The van der Waals surface area contributed by atoms with Crippen molar-refractivity contribution in [3.63, 3.8) is 0 Å². The molecule has 182 valence electrons. The van der Waals surface area contributed by atoms with Crippen LogP contribution in [-0.2, 0) is 9.53 Å². The fourth-order valence-electron chi connectivity index (χ4n) is 9.42. The molecule has 4 aliphatic rings. The van der Waals surface area contributed by atoms with Gasteiger partial charge in [0.15, 0.2) is 0 Å². The van der Waals surface area contributed by atoms with Crippen molar-refractivity contribution in [2.24, 2.45) is 52.3 Å². The molecule has 0 aromatic rings. The first-order valence-corrected chi connectivity index (χ1v) is 14.0. The van der Waals surface area contributed by atoms with E-state index in [1.54, 1.807) is 6.92 Å². The van der Waals surface area contributed by atoms with Gasteiger partial charge in [-0.15, -0.1) is 0 Å². The van der Waals surface area contributed by atoms with Crippen LogP contribution < -0.4 is 0 Å². The maximum atomic E-state index is 11.6. The van der Waals surface area contributed by atoms with E-state index in [4.69, 9.17) is 4.74 Å². The zero-order valence-corrected chi connectivity index (χ0v) is 21.9. The first-order chi connectivity index (χ1) is 15.1. The Morgan fingerprint density at radius 3 is 2.47 bits per heavy atom. The highest BCUT2D eigenvalue weighted by atomic mass is 16.5. The highest BCUT2D eigenvalue weighted by Crippen LogP contribution is 2.68. The average Bonchev–Trinajstić information content (AvgIpc) is 2.97. The summed E-state index contributed by atoms with van der Waals surface area (Å²) in [6.07, 6.45) is 18.4. The second-order valence-corrected chi connectivity index (χ2v) is 13.2. The highest BCUT2D eigenvalue weighted by molar-refractivity contribution is 5.67. The molecule has 8 atom stereocenters. The normalized spacial score (nSPS) is 42.3. The van der Waals surface area contributed by atoms with Gasteiger partial charge >= 0.3 is 5.97 Å². The molecule has 4 rings (SSSR count). The van der Waals surface area contributed by atoms with Crippen LogP contribution in [0.1, 0.15) is 119 Å². The van der Waals surface area contributed by atoms with Crippen molar-refractivity contribution in [2.75, 3.05) is 0 Å². The standard InChI is InChI=1S/C30H50O2/c1-20(2)9-7-10-21(3)26-14-15-27-25-13-12-23-19-24(32-22(4)31)11-8-17-29(23,5)28(25)16-18-30(26,27)6/h11,20-21,23,25-28H,7-10,12-19H2,1-6H3/t21-,23+,25-,26+,27-,28-,29+,30-/m1/s1. The van der Waals surface area contributed by atoms with Crippen molar-refractivity contribution in [2.45, 2.75) is 119 Å². The van der Waals surface area contributed by atoms with Gasteiger partial charge in [0.1, 0.15) is 5.76 Å². The van der Waals surface area contributed by atoms with E-state index < -0.39 is 0 Å². The SMILES string of the molecule is CC(=O)OC1=CCC[C@@]2(C)[C@@H](CC[C@H]3[C@H]2CC[C@@]2(C)[C@@H]3CC[C@H]2[C@H](C)CCCC(C)C)C1. The van der Waals surface area contributed by atoms with Gasteiger partial charge in [-0.2, -0.15) is 0 Å². The van der Waals surface area contributed by atoms with E-state index in [9.17, 15) is 4.79 Å². The highest BCUT2D eigenvalue weighted by Gasteiger charge is 2.60. The molecule has 3 fully saturated rings. The number of ether oxygens (including phenoxy) is 1. The molecule has 0 aliphatic heterocycles. The first-order valence-electron chi connectivity index (χ1n) is 14.0. The van der Waals surface area contributed by atoms with Crippen LogP contribution in [0, 0.1) is 52.3 Å². The maximum absolute atomic E-state index is 11.6. The zero-order valence-electron chi connectivity index (χ0n) is 21.9. The molecule has 4 aliphatic carbocycles. The van der Waals surface area contributed by atoms with Crippen LogP contribution in [0.25, 0.3) is 0 Å². The molecule has 0 amide bonds. The molecule has 32 heavy (non-hydrogen) atoms. The summed E-state index contributed by atoms with van der Waals surface area (Å²) in [5.74, 6) is 6.92. The van der Waals surface area contributed by atoms with E-state index in [1.807, 2.05) is 0 Å². The van der Waals surface area contributed by atoms with Gasteiger partial charge in [-0.25, -0.2) is 0 Å². The zero-order chi connectivity index (χ0) is 23.1. The van der Waals surface area contributed by atoms with Crippen molar-refractivity contribution >= 4 is 5.97 Å². The Morgan fingerprint density at radius 1 is 1.00 bits per heavy atom. The number of allylic oxidation sites excluding steroid dienone is 2. The molecule has 0 aromatic carbocycles. The predicted octanol–water partition coefficient (Wildman–Crippen LogP) is 8.55. The summed E-state index contributed by atoms with van der Waals surface area (Å²) in [6.45, 7) is 14.2. The molecule has 3 saturated carbocycles. The number of hydrogen-bond acceptors (Lipinski definition) is 2. The van der Waals surface area contributed by atoms with Crippen molar-refractivity contribution in [1.29, 1.82) is 0 Å². The van der Waals surface area contributed by atoms with Crippen molar-refractivity contribution in [3.05, 3.63) is 11.8 Å². The molecule has 0 radical (unpaired) electrons. The summed E-state index contributed by atoms with van der Waals surface area (Å²) >= 11 is 0. The Balaban J connectivity index is 1.46. The number of rotatable bonds is 6. The van der Waals surface area contributed by atoms with Crippen LogP contribution >= 0.6 is 0 Å². The summed E-state index contributed by atoms with van der Waals surface area (Å²) in [5.41, 5.74) is 0.997. The van der Waals surface area contributed by atoms with E-state index in [0.29, 0.717) is 16.7 Å². The van der Waals surface area contributed by atoms with Crippen LogP contribution in [0.3, 0.4) is 0 Å². The second-order valence-electron chi connectivity index (χ2n) is 13.2. The molecule has 2 heteroatoms. The number of hydrogen-bond donors (Lipinski definition) is 0. The molecule has 0 N–H and O–H groups in total. The van der Waals surface area contributed by atoms with E-state index >= 15 is 0 Å². The van der Waals surface area contributed by atoms with Crippen molar-refractivity contribution < 1.29 is 9.53 Å². The summed E-state index contributed by atoms with van der Waals surface area (Å²) < 4.78 is 5.60. The molecule has 2 nitrogen and oxygen atoms in total. The fraction of sp³-hybridized carbons (Fsp3) is 0.900. The molecule has 0 saturated heterocycles. The number of carbonyl (C=O) groups is 1. The summed E-state index contributed by atoms with van der Waals surface area (Å²) in [5, 5.41) is 0. The lowest BCUT2D eigenvalue weighted by atomic mass is 9.45. The maximum Gasteiger partial charge on any atom is 0.307 e. The lowest BCUT2D eigenvalue weighted by Gasteiger charge is -2.59. The summed E-state index contributed by atoms with van der Waals surface area (Å²) in [6, 6.07) is 0. The minimum atomic E-state index is -0.151. The third-order valence-corrected chi connectivity index (χ3v) is 11.0. The van der Waals surface area contributed by atoms with Crippen LogP contribution in [0.15, 0.2) is 11.8 Å². The summed E-state index contributed by atoms with van der Waals surface area (Å²) in [7, 11) is 0. The van der Waals surface area contributed by atoms with E-state index in [0.717, 1.165) is 54.1 Å². The number of carbonyl (C=O) groups excluding carboxylic acids is 1. The third kappa shape index (κ3) is 4.46. The minimum absolute atomic E-state index is 0.151. The van der Waals surface area contributed by atoms with Crippen LogP contribution in [0.5, 0.6) is 0 Å². The Morgan fingerprint density at radius 2 is 1.75 bits per heavy atom. The monoisotopic (exact) mass is 442 g/mol. The molecular formula is C30H50O2. The molecular weight excluding hydrogens is 392 g/mol. The van der Waals surface area contributed by atoms with E-state index in [1.165, 1.54) is 64.2 Å². The van der Waals surface area contributed by atoms with Crippen molar-refractivity contribution in [1.82, 2.24) is 0 Å². The van der Waals surface area contributed by atoms with Gasteiger partial charge < -0.3 is 4.74 Å². The Labute approximate surface area is 198 Å². The molecule has 0 bridgehead atoms. The number of esters is 1. The van der Waals surface area contributed by atoms with E-state index in [2.05, 4.69) is 40.7 Å². The van der Waals surface area contributed by atoms with Gasteiger partial charge in [-0.05, 0) is 110 Å². The Hall–Kier alpha value is -0.790. The Bertz CT molecular complexity index is 708. The fourth-order valence-corrected chi connectivity index (χ4v) is 9.42. The molecule has 0 spiro atoms. The van der Waals surface area contributed by atoms with Gasteiger partial charge in [0.25, 0.3) is 0 Å². The first kappa shape index (κ1) is 24.3. The van der Waals surface area contributed by atoms with Gasteiger partial charge in [-0.3, -0.25) is 4.79 Å². The topological polar surface area (TPSA) is 26.3 Å². The second kappa shape index (κ2) is 9.46. The molecule has 0 heterocycles. The lowest BCUT2D eigenvalue weighted by molar-refractivity contribution is -0.138. The van der Waals surface area contributed by atoms with Crippen LogP contribution in [-0.4, -0.2) is 5.97 Å². The quantitative estimate of drug-likeness (QED) is 0.385. The number of fused-ring (bicyclic) bond motifs is 5. The summed E-state index contributed by atoms with van der Waals surface area (Å²) in [4.78, 5) is 11.6. The van der Waals surface area contributed by atoms with Crippen LogP contribution in [0.2, 0.25) is 0 Å². The minimum Gasteiger partial charge on any atom is -0.432 e. The van der Waals surface area contributed by atoms with Gasteiger partial charge in [0, 0.05) is 13.3 Å². The van der Waals surface area contributed by atoms with Gasteiger partial charge in [0.05, 0.1) is 0 Å². The van der Waals surface area contributed by atoms with Crippen molar-refractivity contribution in [3.8, 4) is 0 Å². The lowest BCUT2D eigenvalue weighted by Crippen LogP contribution is -2.52. The predicted molar refractivity (Wildman–Crippen MR) is 133 cm³/mol. The Kier molecular flexibility index (Phi) is 7.19. The smallest absolute Gasteiger partial charge is 0.307 e. The van der Waals surface area contributed by atoms with E-state index in [-0.39, 0.29) is 5.97 Å². The van der Waals surface area contributed by atoms with Gasteiger partial charge in [0.2, 0.25) is 0 Å². The molecule has 0 aromatic heterocycles. The average molecular weight is 443 g/mol. The molecule has 0 unspecified atom stereocenters. The largest absolute Gasteiger partial charge is 0.432 e.